The summed E-state index contributed by atoms with van der Waals surface area (Å²) < 4.78 is 6.96. The van der Waals surface area contributed by atoms with Gasteiger partial charge in [0, 0.05) is 51.7 Å². The molecule has 2 amide bonds. The number of aromatic nitrogens is 2. The van der Waals surface area contributed by atoms with E-state index in [2.05, 4.69) is 32.8 Å². The van der Waals surface area contributed by atoms with Crippen molar-refractivity contribution in [2.24, 2.45) is 13.0 Å². The topological polar surface area (TPSA) is 100 Å². The van der Waals surface area contributed by atoms with Gasteiger partial charge < -0.3 is 19.5 Å². The number of amides is 2. The van der Waals surface area contributed by atoms with E-state index in [0.29, 0.717) is 51.9 Å². The van der Waals surface area contributed by atoms with E-state index in [1.165, 1.54) is 7.11 Å². The number of hydrogen-bond donors (Lipinski definition) is 1. The highest BCUT2D eigenvalue weighted by atomic mass is 16.5. The third-order valence-corrected chi connectivity index (χ3v) is 8.65. The Morgan fingerprint density at radius 1 is 1.11 bits per heavy atom. The fourth-order valence-electron chi connectivity index (χ4n) is 6.32. The number of aryl methyl sites for hydroxylation is 1. The number of para-hydroxylation sites is 2. The zero-order chi connectivity index (χ0) is 26.1. The smallest absolute Gasteiger partial charge is 0.308 e. The van der Waals surface area contributed by atoms with Gasteiger partial charge in [0.15, 0.2) is 0 Å². The van der Waals surface area contributed by atoms with E-state index >= 15 is 0 Å². The van der Waals surface area contributed by atoms with Crippen molar-refractivity contribution in [3.8, 4) is 0 Å². The molecule has 0 aliphatic carbocycles. The number of hydrogen-bond acceptors (Lipinski definition) is 7. The Morgan fingerprint density at radius 3 is 2.59 bits per heavy atom. The molecule has 0 radical (unpaired) electrons. The number of rotatable bonds is 6. The molecule has 2 aromatic rings. The van der Waals surface area contributed by atoms with E-state index in [9.17, 15) is 14.4 Å². The van der Waals surface area contributed by atoms with E-state index in [-0.39, 0.29) is 41.8 Å². The van der Waals surface area contributed by atoms with E-state index in [0.717, 1.165) is 29.8 Å². The number of piperidine rings is 1. The Bertz CT molecular complexity index is 1160. The van der Waals surface area contributed by atoms with Gasteiger partial charge in [0.2, 0.25) is 11.8 Å². The van der Waals surface area contributed by atoms with Crippen molar-refractivity contribution >= 4 is 28.8 Å². The van der Waals surface area contributed by atoms with Crippen LogP contribution in [0.3, 0.4) is 0 Å². The molecule has 3 fully saturated rings. The number of fused-ring (bicyclic) bond motifs is 2. The van der Waals surface area contributed by atoms with Gasteiger partial charge in [-0.2, -0.15) is 0 Å². The van der Waals surface area contributed by atoms with Crippen LogP contribution in [-0.4, -0.2) is 100 Å². The zero-order valence-corrected chi connectivity index (χ0v) is 22.1. The largest absolute Gasteiger partial charge is 0.469 e. The molecule has 4 heterocycles. The van der Waals surface area contributed by atoms with E-state index in [1.54, 1.807) is 0 Å². The van der Waals surface area contributed by atoms with Gasteiger partial charge in [-0.15, -0.1) is 0 Å². The summed E-state index contributed by atoms with van der Waals surface area (Å²) in [6.45, 7) is 3.19. The van der Waals surface area contributed by atoms with Gasteiger partial charge in [0.25, 0.3) is 0 Å². The third-order valence-electron chi connectivity index (χ3n) is 8.65. The summed E-state index contributed by atoms with van der Waals surface area (Å²) in [5.74, 6) is 0.855. The molecule has 200 valence electrons. The van der Waals surface area contributed by atoms with Crippen LogP contribution < -0.4 is 5.32 Å². The van der Waals surface area contributed by atoms with Gasteiger partial charge in [-0.05, 0) is 44.9 Å². The van der Waals surface area contributed by atoms with Gasteiger partial charge in [0.05, 0.1) is 30.6 Å². The third kappa shape index (κ3) is 5.09. The van der Waals surface area contributed by atoms with Crippen LogP contribution in [0.15, 0.2) is 24.3 Å². The number of ether oxygens (including phenoxy) is 1. The first kappa shape index (κ1) is 25.7. The number of carbonyl (C=O) groups is 3. The molecule has 5 rings (SSSR count). The molecule has 1 aromatic heterocycles. The molecular weight excluding hydrogens is 472 g/mol. The Morgan fingerprint density at radius 2 is 1.86 bits per heavy atom. The van der Waals surface area contributed by atoms with Gasteiger partial charge in [-0.1, -0.05) is 12.1 Å². The second-order valence-corrected chi connectivity index (χ2v) is 10.6. The number of nitrogens with zero attached hydrogens (tertiary/aromatic N) is 5. The quantitative estimate of drug-likeness (QED) is 0.582. The van der Waals surface area contributed by atoms with E-state index in [1.807, 2.05) is 30.1 Å². The molecule has 10 heteroatoms. The zero-order valence-electron chi connectivity index (χ0n) is 22.1. The van der Waals surface area contributed by atoms with Gasteiger partial charge in [-0.25, -0.2) is 4.98 Å². The van der Waals surface area contributed by atoms with Crippen molar-refractivity contribution < 1.29 is 19.1 Å². The second kappa shape index (κ2) is 10.8. The normalized spacial score (nSPS) is 25.6. The number of benzene rings is 1. The van der Waals surface area contributed by atoms with Crippen LogP contribution in [0.1, 0.15) is 37.9 Å². The first-order valence-electron chi connectivity index (χ1n) is 13.4. The van der Waals surface area contributed by atoms with E-state index < -0.39 is 0 Å². The summed E-state index contributed by atoms with van der Waals surface area (Å²) in [5.41, 5.74) is 2.06. The number of nitrogens with one attached hydrogen (secondary N) is 1. The first-order valence-corrected chi connectivity index (χ1v) is 13.4. The summed E-state index contributed by atoms with van der Waals surface area (Å²) in [6.07, 6.45) is 3.35. The molecule has 3 aliphatic heterocycles. The molecule has 37 heavy (non-hydrogen) atoms. The van der Waals surface area contributed by atoms with E-state index in [4.69, 9.17) is 9.72 Å². The molecule has 0 bridgehead atoms. The molecule has 3 atom stereocenters. The summed E-state index contributed by atoms with van der Waals surface area (Å²) in [4.78, 5) is 49.2. The van der Waals surface area contributed by atoms with Crippen LogP contribution in [0.4, 0.5) is 0 Å². The standard InChI is InChI=1S/C27H38N6O4/c1-30-19(8-9-24(34)32-13-10-18(11-14-32)27(36)37-3)16-28-26(35)25-22(30)12-15-33(25)17-23-29-20-6-4-5-7-21(20)31(23)2/h4-7,18-19,22,25H,8-17H2,1-3H3,(H,28,35)/t19-,22+,25-/m0/s1. The van der Waals surface area contributed by atoms with Crippen molar-refractivity contribution in [1.82, 2.24) is 29.6 Å². The fraction of sp³-hybridized carbons (Fsp3) is 0.630. The average molecular weight is 511 g/mol. The van der Waals surface area contributed by atoms with Crippen molar-refractivity contribution in [2.45, 2.75) is 56.8 Å². The number of likely N-dealkylation sites (N-methyl/N-ethyl adjacent to an activating group) is 1. The highest BCUT2D eigenvalue weighted by molar-refractivity contribution is 5.83. The molecule has 10 nitrogen and oxygen atoms in total. The Hall–Kier alpha value is -2.98. The second-order valence-electron chi connectivity index (χ2n) is 10.6. The van der Waals surface area contributed by atoms with Crippen molar-refractivity contribution in [3.05, 3.63) is 30.1 Å². The minimum Gasteiger partial charge on any atom is -0.469 e. The lowest BCUT2D eigenvalue weighted by Crippen LogP contribution is -2.49. The molecule has 0 unspecified atom stereocenters. The average Bonchev–Trinajstić information content (AvgIpc) is 3.45. The highest BCUT2D eigenvalue weighted by Crippen LogP contribution is 2.29. The summed E-state index contributed by atoms with van der Waals surface area (Å²) >= 11 is 0. The number of imidazole rings is 1. The van der Waals surface area contributed by atoms with Crippen LogP contribution in [0, 0.1) is 5.92 Å². The molecule has 1 N–H and O–H groups in total. The maximum absolute atomic E-state index is 13.2. The molecule has 3 aliphatic rings. The minimum atomic E-state index is -0.233. The molecule has 0 spiro atoms. The molecule has 1 aromatic carbocycles. The van der Waals surface area contributed by atoms with Crippen LogP contribution in [0.25, 0.3) is 11.0 Å². The highest BCUT2D eigenvalue weighted by Gasteiger charge is 2.45. The lowest BCUT2D eigenvalue weighted by Gasteiger charge is -2.34. The van der Waals surface area contributed by atoms with Gasteiger partial charge >= 0.3 is 5.97 Å². The predicted octanol–water partition coefficient (Wildman–Crippen LogP) is 1.14. The molecule has 0 saturated carbocycles. The Balaban J connectivity index is 1.19. The van der Waals surface area contributed by atoms with Crippen molar-refractivity contribution in [2.75, 3.05) is 40.3 Å². The minimum absolute atomic E-state index is 0.0619. The Kier molecular flexibility index (Phi) is 7.48. The number of methoxy groups -OCH3 is 1. The summed E-state index contributed by atoms with van der Waals surface area (Å²) in [6, 6.07) is 8.07. The Labute approximate surface area is 217 Å². The van der Waals surface area contributed by atoms with Crippen LogP contribution in [-0.2, 0) is 32.7 Å². The van der Waals surface area contributed by atoms with Gasteiger partial charge in [-0.3, -0.25) is 24.2 Å². The molecule has 3 saturated heterocycles. The fourth-order valence-corrected chi connectivity index (χ4v) is 6.32. The van der Waals surface area contributed by atoms with Crippen LogP contribution in [0.5, 0.6) is 0 Å². The predicted molar refractivity (Wildman–Crippen MR) is 138 cm³/mol. The number of likely N-dealkylation sites (tertiary alicyclic amines) is 2. The lowest BCUT2D eigenvalue weighted by molar-refractivity contribution is -0.149. The van der Waals surface area contributed by atoms with Crippen LogP contribution >= 0.6 is 0 Å². The monoisotopic (exact) mass is 510 g/mol. The summed E-state index contributed by atoms with van der Waals surface area (Å²) in [7, 11) is 5.53. The number of esters is 1. The van der Waals surface area contributed by atoms with Crippen molar-refractivity contribution in [1.29, 1.82) is 0 Å². The van der Waals surface area contributed by atoms with Crippen LogP contribution in [0.2, 0.25) is 0 Å². The lowest BCUT2D eigenvalue weighted by atomic mass is 9.96. The summed E-state index contributed by atoms with van der Waals surface area (Å²) in [5, 5.41) is 3.16. The maximum atomic E-state index is 13.2. The first-order chi connectivity index (χ1) is 17.9. The van der Waals surface area contributed by atoms with Gasteiger partial charge in [0.1, 0.15) is 11.9 Å². The number of carbonyl (C=O) groups excluding carboxylic acids is 3. The molecular formula is C27H38N6O4. The SMILES string of the molecule is COC(=O)C1CCN(C(=O)CC[C@H]2CNC(=O)[C@@H]3[C@@H](CCN3Cc3nc4ccccc4n3C)N2C)CC1. The maximum Gasteiger partial charge on any atom is 0.308 e. The van der Waals surface area contributed by atoms with Crippen molar-refractivity contribution in [3.63, 3.8) is 0 Å².